The van der Waals surface area contributed by atoms with Gasteiger partial charge in [0.05, 0.1) is 12.6 Å². The van der Waals surface area contributed by atoms with Gasteiger partial charge in [0.25, 0.3) is 0 Å². The summed E-state index contributed by atoms with van der Waals surface area (Å²) in [5, 5.41) is 10.6. The van der Waals surface area contributed by atoms with Crippen LogP contribution in [-0.2, 0) is 4.79 Å². The van der Waals surface area contributed by atoms with E-state index in [1.165, 1.54) is 0 Å². The van der Waals surface area contributed by atoms with Crippen molar-refractivity contribution < 1.29 is 23.1 Å². The van der Waals surface area contributed by atoms with E-state index in [-0.39, 0.29) is 0 Å². The molecular formula is C9H17F3N2O2. The Kier molecular flexibility index (Phi) is 6.35. The predicted molar refractivity (Wildman–Crippen MR) is 52.6 cm³/mol. The summed E-state index contributed by atoms with van der Waals surface area (Å²) in [6.45, 7) is 1.06. The van der Waals surface area contributed by atoms with Crippen LogP contribution in [0.1, 0.15) is 26.2 Å². The van der Waals surface area contributed by atoms with Gasteiger partial charge in [0.15, 0.2) is 6.10 Å². The molecule has 0 radical (unpaired) electrons. The van der Waals surface area contributed by atoms with E-state index in [0.29, 0.717) is 6.42 Å². The van der Waals surface area contributed by atoms with Crippen LogP contribution in [-0.4, -0.2) is 35.9 Å². The van der Waals surface area contributed by atoms with E-state index in [2.05, 4.69) is 0 Å². The van der Waals surface area contributed by atoms with Crippen LogP contribution >= 0.6 is 0 Å². The highest BCUT2D eigenvalue weighted by Crippen LogP contribution is 2.19. The highest BCUT2D eigenvalue weighted by atomic mass is 19.4. The largest absolute Gasteiger partial charge is 0.416 e. The van der Waals surface area contributed by atoms with Crippen molar-refractivity contribution in [3.8, 4) is 0 Å². The second kappa shape index (κ2) is 6.70. The van der Waals surface area contributed by atoms with Gasteiger partial charge >= 0.3 is 6.18 Å². The van der Waals surface area contributed by atoms with Gasteiger partial charge in [-0.2, -0.15) is 13.2 Å². The lowest BCUT2D eigenvalue weighted by Crippen LogP contribution is -2.46. The molecule has 2 atom stereocenters. The minimum atomic E-state index is -4.72. The van der Waals surface area contributed by atoms with Crippen molar-refractivity contribution in [2.45, 2.75) is 44.5 Å². The molecule has 0 fully saturated rings. The van der Waals surface area contributed by atoms with E-state index >= 15 is 0 Å². The number of hydrogen-bond donors (Lipinski definition) is 3. The van der Waals surface area contributed by atoms with Crippen LogP contribution in [0, 0.1) is 0 Å². The fourth-order valence-electron chi connectivity index (χ4n) is 0.999. The molecule has 4 N–H and O–H groups in total. The molecule has 16 heavy (non-hydrogen) atoms. The maximum Gasteiger partial charge on any atom is 0.416 e. The molecule has 0 heterocycles. The number of amides is 1. The van der Waals surface area contributed by atoms with Crippen LogP contribution in [0.3, 0.4) is 0 Å². The highest BCUT2D eigenvalue weighted by molar-refractivity contribution is 5.81. The Hall–Kier alpha value is -0.820. The van der Waals surface area contributed by atoms with Crippen molar-refractivity contribution >= 4 is 5.91 Å². The van der Waals surface area contributed by atoms with E-state index in [1.54, 1.807) is 0 Å². The van der Waals surface area contributed by atoms with E-state index < -0.39 is 30.8 Å². The molecular weight excluding hydrogens is 225 g/mol. The summed E-state index contributed by atoms with van der Waals surface area (Å²) in [7, 11) is 0. The van der Waals surface area contributed by atoms with Gasteiger partial charge in [-0.3, -0.25) is 4.79 Å². The van der Waals surface area contributed by atoms with Crippen molar-refractivity contribution in [2.75, 3.05) is 6.54 Å². The summed E-state index contributed by atoms with van der Waals surface area (Å²) in [4.78, 5) is 11.2. The normalized spacial score (nSPS) is 15.6. The number of alkyl halides is 3. The van der Waals surface area contributed by atoms with Crippen molar-refractivity contribution in [3.63, 3.8) is 0 Å². The fraction of sp³-hybridized carbons (Fsp3) is 0.889. The summed E-state index contributed by atoms with van der Waals surface area (Å²) < 4.78 is 35.6. The molecule has 0 aliphatic carbocycles. The molecule has 0 aromatic carbocycles. The van der Waals surface area contributed by atoms with Crippen molar-refractivity contribution in [1.29, 1.82) is 0 Å². The van der Waals surface area contributed by atoms with Crippen molar-refractivity contribution in [1.82, 2.24) is 5.32 Å². The monoisotopic (exact) mass is 242 g/mol. The number of aliphatic hydroxyl groups is 1. The molecule has 0 saturated carbocycles. The predicted octanol–water partition coefficient (Wildman–Crippen LogP) is 0.543. The molecule has 0 saturated heterocycles. The first kappa shape index (κ1) is 15.2. The van der Waals surface area contributed by atoms with Gasteiger partial charge in [-0.1, -0.05) is 19.8 Å². The fourth-order valence-corrected chi connectivity index (χ4v) is 0.999. The van der Waals surface area contributed by atoms with Crippen molar-refractivity contribution in [3.05, 3.63) is 0 Å². The molecule has 96 valence electrons. The van der Waals surface area contributed by atoms with Gasteiger partial charge in [-0.25, -0.2) is 0 Å². The average molecular weight is 242 g/mol. The Labute approximate surface area is 92.0 Å². The van der Waals surface area contributed by atoms with Crippen LogP contribution in [0.25, 0.3) is 0 Å². The van der Waals surface area contributed by atoms with E-state index in [0.717, 1.165) is 12.8 Å². The second-order valence-electron chi connectivity index (χ2n) is 3.55. The number of hydrogen-bond acceptors (Lipinski definition) is 3. The summed E-state index contributed by atoms with van der Waals surface area (Å²) in [6, 6.07) is -0.819. The molecule has 0 rings (SSSR count). The molecule has 0 bridgehead atoms. The van der Waals surface area contributed by atoms with Gasteiger partial charge < -0.3 is 16.2 Å². The van der Waals surface area contributed by atoms with Crippen LogP contribution in [0.4, 0.5) is 13.2 Å². The number of nitrogens with two attached hydrogens (primary N) is 1. The third-order valence-corrected chi connectivity index (χ3v) is 2.05. The third-order valence-electron chi connectivity index (χ3n) is 2.05. The van der Waals surface area contributed by atoms with E-state index in [4.69, 9.17) is 10.8 Å². The van der Waals surface area contributed by atoms with E-state index in [1.807, 2.05) is 12.2 Å². The summed E-state index contributed by atoms with van der Waals surface area (Å²) in [5.74, 6) is -0.670. The third kappa shape index (κ3) is 5.92. The Bertz CT molecular complexity index is 221. The molecule has 0 aromatic rings. The summed E-state index contributed by atoms with van der Waals surface area (Å²) >= 11 is 0. The molecule has 0 spiro atoms. The summed E-state index contributed by atoms with van der Waals surface area (Å²) in [5.41, 5.74) is 5.42. The quantitative estimate of drug-likeness (QED) is 0.636. The maximum atomic E-state index is 11.9. The maximum absolute atomic E-state index is 11.9. The van der Waals surface area contributed by atoms with E-state index in [9.17, 15) is 18.0 Å². The molecule has 1 amide bonds. The molecule has 0 aliphatic heterocycles. The Morgan fingerprint density at radius 2 is 2.06 bits per heavy atom. The second-order valence-corrected chi connectivity index (χ2v) is 3.55. The minimum Gasteiger partial charge on any atom is -0.382 e. The highest BCUT2D eigenvalue weighted by Gasteiger charge is 2.38. The topological polar surface area (TPSA) is 75.4 Å². The zero-order chi connectivity index (χ0) is 12.8. The smallest absolute Gasteiger partial charge is 0.382 e. The molecule has 0 aliphatic rings. The standard InChI is InChI=1S/C9H17F3N2O2/c1-2-3-4-6(13)8(16)14-5-7(15)9(10,11)12/h6-7,15H,2-5,13H2,1H3,(H,14,16)/t6-,7?/m0/s1. The van der Waals surface area contributed by atoms with Crippen LogP contribution in [0.5, 0.6) is 0 Å². The Morgan fingerprint density at radius 3 is 2.50 bits per heavy atom. The first-order valence-electron chi connectivity index (χ1n) is 5.07. The lowest BCUT2D eigenvalue weighted by Gasteiger charge is -2.17. The molecule has 1 unspecified atom stereocenters. The van der Waals surface area contributed by atoms with Gasteiger partial charge in [0.1, 0.15) is 0 Å². The lowest BCUT2D eigenvalue weighted by molar-refractivity contribution is -0.201. The number of carbonyl (C=O) groups is 1. The first-order chi connectivity index (χ1) is 7.29. The number of unbranched alkanes of at least 4 members (excludes halogenated alkanes) is 1. The van der Waals surface area contributed by atoms with Gasteiger partial charge in [0, 0.05) is 0 Å². The number of rotatable bonds is 6. The lowest BCUT2D eigenvalue weighted by atomic mass is 10.1. The molecule has 0 aromatic heterocycles. The number of halogens is 3. The number of carbonyl (C=O) groups excluding carboxylic acids is 1. The SMILES string of the molecule is CCCC[C@H](N)C(=O)NCC(O)C(F)(F)F. The van der Waals surface area contributed by atoms with Crippen LogP contribution in [0.15, 0.2) is 0 Å². The Balaban J connectivity index is 3.89. The van der Waals surface area contributed by atoms with Gasteiger partial charge in [-0.15, -0.1) is 0 Å². The molecule has 4 nitrogen and oxygen atoms in total. The number of aliphatic hydroxyl groups excluding tert-OH is 1. The van der Waals surface area contributed by atoms with Crippen LogP contribution < -0.4 is 11.1 Å². The Morgan fingerprint density at radius 1 is 1.50 bits per heavy atom. The summed E-state index contributed by atoms with van der Waals surface area (Å²) in [6.07, 6.45) is -5.26. The van der Waals surface area contributed by atoms with Crippen LogP contribution in [0.2, 0.25) is 0 Å². The van der Waals surface area contributed by atoms with Gasteiger partial charge in [-0.05, 0) is 6.42 Å². The number of nitrogens with one attached hydrogen (secondary N) is 1. The van der Waals surface area contributed by atoms with Crippen molar-refractivity contribution in [2.24, 2.45) is 5.73 Å². The molecule has 7 heteroatoms. The van der Waals surface area contributed by atoms with Gasteiger partial charge in [0.2, 0.25) is 5.91 Å². The first-order valence-corrected chi connectivity index (χ1v) is 5.07. The minimum absolute atomic E-state index is 0.421. The zero-order valence-electron chi connectivity index (χ0n) is 9.05. The zero-order valence-corrected chi connectivity index (χ0v) is 9.05. The average Bonchev–Trinajstić information content (AvgIpc) is 2.20.